The molecule has 5 heteroatoms. The molecule has 3 aromatic rings. The molecule has 0 fully saturated rings. The molecule has 1 atom stereocenters. The molecule has 0 saturated carbocycles. The number of anilines is 1. The van der Waals surface area contributed by atoms with Crippen LogP contribution in [0.2, 0.25) is 0 Å². The Kier molecular flexibility index (Phi) is 7.79. The molecule has 0 aliphatic rings. The number of aromatic nitrogens is 1. The zero-order valence-electron chi connectivity index (χ0n) is 18.6. The molecular formula is C26H30N2O3. The Bertz CT molecular complexity index is 998. The van der Waals surface area contributed by atoms with Crippen LogP contribution in [-0.4, -0.2) is 17.5 Å². The van der Waals surface area contributed by atoms with Crippen LogP contribution in [0.4, 0.5) is 5.69 Å². The first-order valence-corrected chi connectivity index (χ1v) is 10.8. The molecular weight excluding hydrogens is 388 g/mol. The van der Waals surface area contributed by atoms with Gasteiger partial charge >= 0.3 is 0 Å². The van der Waals surface area contributed by atoms with E-state index in [4.69, 9.17) is 9.47 Å². The van der Waals surface area contributed by atoms with Gasteiger partial charge in [-0.15, -0.1) is 0 Å². The molecule has 1 aromatic heterocycles. The number of carbonyl (C=O) groups excluding carboxylic acids is 1. The Morgan fingerprint density at radius 3 is 2.19 bits per heavy atom. The van der Waals surface area contributed by atoms with Crippen molar-refractivity contribution in [1.82, 2.24) is 4.98 Å². The molecule has 5 nitrogen and oxygen atoms in total. The summed E-state index contributed by atoms with van der Waals surface area (Å²) in [6.07, 6.45) is 2.09. The molecule has 1 N–H and O–H groups in total. The fourth-order valence-electron chi connectivity index (χ4n) is 3.34. The van der Waals surface area contributed by atoms with Gasteiger partial charge in [0.15, 0.2) is 0 Å². The van der Waals surface area contributed by atoms with Gasteiger partial charge in [-0.2, -0.15) is 0 Å². The van der Waals surface area contributed by atoms with E-state index in [0.717, 1.165) is 24.3 Å². The summed E-state index contributed by atoms with van der Waals surface area (Å²) in [6.45, 7) is 8.52. The van der Waals surface area contributed by atoms with Crippen molar-refractivity contribution in [3.05, 3.63) is 83.2 Å². The lowest BCUT2D eigenvalue weighted by Crippen LogP contribution is -2.15. The van der Waals surface area contributed by atoms with Crippen LogP contribution in [0.5, 0.6) is 11.5 Å². The van der Waals surface area contributed by atoms with Gasteiger partial charge in [0.1, 0.15) is 11.5 Å². The molecule has 0 saturated heterocycles. The van der Waals surface area contributed by atoms with E-state index in [9.17, 15) is 4.79 Å². The summed E-state index contributed by atoms with van der Waals surface area (Å²) in [5, 5.41) is 2.92. The molecule has 3 rings (SSSR count). The molecule has 2 aromatic carbocycles. The van der Waals surface area contributed by atoms with Crippen LogP contribution >= 0.6 is 0 Å². The lowest BCUT2D eigenvalue weighted by atomic mass is 10.1. The largest absolute Gasteiger partial charge is 0.457 e. The lowest BCUT2D eigenvalue weighted by Gasteiger charge is -2.13. The van der Waals surface area contributed by atoms with Gasteiger partial charge in [-0.25, -0.2) is 0 Å². The van der Waals surface area contributed by atoms with Crippen molar-refractivity contribution in [3.8, 4) is 11.5 Å². The Morgan fingerprint density at radius 1 is 0.968 bits per heavy atom. The summed E-state index contributed by atoms with van der Waals surface area (Å²) in [5.41, 5.74) is 4.04. The van der Waals surface area contributed by atoms with Gasteiger partial charge < -0.3 is 14.8 Å². The third-order valence-corrected chi connectivity index (χ3v) is 5.00. The second-order valence-electron chi connectivity index (χ2n) is 7.44. The van der Waals surface area contributed by atoms with Crippen LogP contribution < -0.4 is 10.1 Å². The quantitative estimate of drug-likeness (QED) is 0.432. The topological polar surface area (TPSA) is 60.5 Å². The SMILES string of the molecule is CCCc1ccc(Oc2ccc(NC(=O)c3ccc(C(C)OCC)nc3C)cc2)cc1. The van der Waals surface area contributed by atoms with Crippen LogP contribution in [0.1, 0.15) is 60.6 Å². The lowest BCUT2D eigenvalue weighted by molar-refractivity contribution is 0.0732. The van der Waals surface area contributed by atoms with E-state index in [1.807, 2.05) is 63.2 Å². The number of ether oxygens (including phenoxy) is 2. The number of carbonyl (C=O) groups is 1. The maximum absolute atomic E-state index is 12.7. The highest BCUT2D eigenvalue weighted by molar-refractivity contribution is 6.05. The second-order valence-corrected chi connectivity index (χ2v) is 7.44. The van der Waals surface area contributed by atoms with Gasteiger partial charge in [-0.3, -0.25) is 9.78 Å². The summed E-state index contributed by atoms with van der Waals surface area (Å²) >= 11 is 0. The van der Waals surface area contributed by atoms with E-state index >= 15 is 0 Å². The van der Waals surface area contributed by atoms with Crippen LogP contribution in [0, 0.1) is 6.92 Å². The van der Waals surface area contributed by atoms with Gasteiger partial charge in [0.05, 0.1) is 23.1 Å². The van der Waals surface area contributed by atoms with Crippen molar-refractivity contribution in [2.24, 2.45) is 0 Å². The molecule has 0 spiro atoms. The maximum atomic E-state index is 12.7. The van der Waals surface area contributed by atoms with Crippen LogP contribution in [0.15, 0.2) is 60.7 Å². The van der Waals surface area contributed by atoms with Gasteiger partial charge in [0, 0.05) is 12.3 Å². The van der Waals surface area contributed by atoms with E-state index in [1.165, 1.54) is 5.56 Å². The van der Waals surface area contributed by atoms with E-state index < -0.39 is 0 Å². The zero-order valence-corrected chi connectivity index (χ0v) is 18.6. The number of hydrogen-bond donors (Lipinski definition) is 1. The maximum Gasteiger partial charge on any atom is 0.257 e. The third kappa shape index (κ3) is 6.15. The molecule has 0 bridgehead atoms. The predicted molar refractivity (Wildman–Crippen MR) is 124 cm³/mol. The summed E-state index contributed by atoms with van der Waals surface area (Å²) in [6, 6.07) is 19.1. The smallest absolute Gasteiger partial charge is 0.257 e. The molecule has 0 aliphatic carbocycles. The molecule has 31 heavy (non-hydrogen) atoms. The molecule has 0 aliphatic heterocycles. The Hall–Kier alpha value is -3.18. The number of benzene rings is 2. The number of nitrogens with one attached hydrogen (secondary N) is 1. The summed E-state index contributed by atoms with van der Waals surface area (Å²) < 4.78 is 11.5. The van der Waals surface area contributed by atoms with Gasteiger partial charge in [-0.05, 0) is 81.3 Å². The minimum atomic E-state index is -0.194. The second kappa shape index (κ2) is 10.7. The fraction of sp³-hybridized carbons (Fsp3) is 0.308. The van der Waals surface area contributed by atoms with Crippen molar-refractivity contribution in [3.63, 3.8) is 0 Å². The summed E-state index contributed by atoms with van der Waals surface area (Å²) in [5.74, 6) is 1.31. The number of aryl methyl sites for hydroxylation is 2. The van der Waals surface area contributed by atoms with Gasteiger partial charge in [0.25, 0.3) is 5.91 Å². The standard InChI is InChI=1S/C26H30N2O3/c1-5-7-20-8-12-22(13-9-20)31-23-14-10-21(11-15-23)28-26(29)24-16-17-25(27-18(24)3)19(4)30-6-2/h8-17,19H,5-7H2,1-4H3,(H,28,29). The third-order valence-electron chi connectivity index (χ3n) is 5.00. The van der Waals surface area contributed by atoms with Crippen molar-refractivity contribution in [1.29, 1.82) is 0 Å². The average molecular weight is 419 g/mol. The van der Waals surface area contributed by atoms with Crippen molar-refractivity contribution >= 4 is 11.6 Å². The van der Waals surface area contributed by atoms with Gasteiger partial charge in [0.2, 0.25) is 0 Å². The highest BCUT2D eigenvalue weighted by atomic mass is 16.5. The first-order valence-electron chi connectivity index (χ1n) is 10.8. The molecule has 0 radical (unpaired) electrons. The highest BCUT2D eigenvalue weighted by Crippen LogP contribution is 2.24. The van der Waals surface area contributed by atoms with Crippen LogP contribution in [0.25, 0.3) is 0 Å². The number of pyridine rings is 1. The number of rotatable bonds is 9. The van der Waals surface area contributed by atoms with E-state index in [0.29, 0.717) is 29.3 Å². The van der Waals surface area contributed by atoms with E-state index in [-0.39, 0.29) is 12.0 Å². The highest BCUT2D eigenvalue weighted by Gasteiger charge is 2.14. The Morgan fingerprint density at radius 2 is 1.61 bits per heavy atom. The Labute approximate surface area is 184 Å². The van der Waals surface area contributed by atoms with Gasteiger partial charge in [-0.1, -0.05) is 25.5 Å². The minimum Gasteiger partial charge on any atom is -0.457 e. The van der Waals surface area contributed by atoms with E-state index in [2.05, 4.69) is 29.4 Å². The summed E-state index contributed by atoms with van der Waals surface area (Å²) in [4.78, 5) is 17.2. The predicted octanol–water partition coefficient (Wildman–Crippen LogP) is 6.48. The zero-order chi connectivity index (χ0) is 22.2. The normalized spacial score (nSPS) is 11.7. The van der Waals surface area contributed by atoms with Crippen molar-refractivity contribution in [2.45, 2.75) is 46.6 Å². The first kappa shape index (κ1) is 22.5. The van der Waals surface area contributed by atoms with E-state index in [1.54, 1.807) is 6.07 Å². The number of nitrogens with zero attached hydrogens (tertiary/aromatic N) is 1. The van der Waals surface area contributed by atoms with Crippen molar-refractivity contribution in [2.75, 3.05) is 11.9 Å². The summed E-state index contributed by atoms with van der Waals surface area (Å²) in [7, 11) is 0. The first-order chi connectivity index (χ1) is 15.0. The van der Waals surface area contributed by atoms with Crippen molar-refractivity contribution < 1.29 is 14.3 Å². The molecule has 162 valence electrons. The average Bonchev–Trinajstić information content (AvgIpc) is 2.76. The number of amides is 1. The monoisotopic (exact) mass is 418 g/mol. The number of hydrogen-bond acceptors (Lipinski definition) is 4. The Balaban J connectivity index is 1.62. The van der Waals surface area contributed by atoms with Crippen LogP contribution in [-0.2, 0) is 11.2 Å². The van der Waals surface area contributed by atoms with Crippen LogP contribution in [0.3, 0.4) is 0 Å². The molecule has 1 unspecified atom stereocenters. The molecule has 1 amide bonds. The minimum absolute atomic E-state index is 0.101. The molecule has 1 heterocycles. The fourth-order valence-corrected chi connectivity index (χ4v) is 3.34.